The van der Waals surface area contributed by atoms with Gasteiger partial charge in [-0.15, -0.1) is 12.4 Å². The third kappa shape index (κ3) is 3.27. The molecule has 0 radical (unpaired) electrons. The van der Waals surface area contributed by atoms with E-state index in [9.17, 15) is 0 Å². The van der Waals surface area contributed by atoms with Crippen molar-refractivity contribution in [2.45, 2.75) is 6.54 Å². The maximum Gasteiger partial charge on any atom is 0.161 e. The third-order valence-corrected chi connectivity index (χ3v) is 2.22. The van der Waals surface area contributed by atoms with Crippen LogP contribution in [0.2, 0.25) is 0 Å². The summed E-state index contributed by atoms with van der Waals surface area (Å²) >= 11 is 0. The Kier molecular flexibility index (Phi) is 5.38. The molecule has 1 aliphatic rings. The van der Waals surface area contributed by atoms with E-state index in [0.29, 0.717) is 19.8 Å². The zero-order valence-corrected chi connectivity index (χ0v) is 9.76. The lowest BCUT2D eigenvalue weighted by molar-refractivity contribution is 0.171. The standard InChI is InChI=1S/C11H15NO3.ClH/c13-4-3-12-8-9-1-2-10-11(7-9)15-6-5-14-10;/h1-2,7,12-13H,3-6,8H2;1H. The second-order valence-corrected chi connectivity index (χ2v) is 3.38. The SMILES string of the molecule is Cl.OCCNCc1ccc2c(c1)OCCO2. The van der Waals surface area contributed by atoms with Crippen molar-refractivity contribution >= 4 is 12.4 Å². The summed E-state index contributed by atoms with van der Waals surface area (Å²) in [6.45, 7) is 2.73. The molecule has 0 unspecified atom stereocenters. The number of ether oxygens (including phenoxy) is 2. The number of rotatable bonds is 4. The minimum atomic E-state index is 0. The molecular weight excluding hydrogens is 230 g/mol. The predicted octanol–water partition coefficient (Wildman–Crippen LogP) is 0.962. The molecule has 0 fully saturated rings. The second-order valence-electron chi connectivity index (χ2n) is 3.38. The fraction of sp³-hybridized carbons (Fsp3) is 0.455. The van der Waals surface area contributed by atoms with Crippen molar-refractivity contribution in [1.29, 1.82) is 0 Å². The molecule has 1 heterocycles. The Labute approximate surface area is 101 Å². The zero-order valence-electron chi connectivity index (χ0n) is 8.94. The lowest BCUT2D eigenvalue weighted by Crippen LogP contribution is -2.18. The van der Waals surface area contributed by atoms with Crippen LogP contribution in [0.25, 0.3) is 0 Å². The van der Waals surface area contributed by atoms with Gasteiger partial charge in [-0.25, -0.2) is 0 Å². The summed E-state index contributed by atoms with van der Waals surface area (Å²) in [5, 5.41) is 11.7. The van der Waals surface area contributed by atoms with E-state index in [0.717, 1.165) is 23.6 Å². The highest BCUT2D eigenvalue weighted by molar-refractivity contribution is 5.85. The quantitative estimate of drug-likeness (QED) is 0.776. The summed E-state index contributed by atoms with van der Waals surface area (Å²) < 4.78 is 10.9. The van der Waals surface area contributed by atoms with Gasteiger partial charge < -0.3 is 19.9 Å². The molecular formula is C11H16ClNO3. The van der Waals surface area contributed by atoms with Gasteiger partial charge in [0.05, 0.1) is 6.61 Å². The Morgan fingerprint density at radius 3 is 2.69 bits per heavy atom. The Balaban J connectivity index is 0.00000128. The summed E-state index contributed by atoms with van der Waals surface area (Å²) in [6, 6.07) is 5.89. The van der Waals surface area contributed by atoms with Gasteiger partial charge in [-0.1, -0.05) is 6.07 Å². The highest BCUT2D eigenvalue weighted by Gasteiger charge is 2.11. The monoisotopic (exact) mass is 245 g/mol. The summed E-state index contributed by atoms with van der Waals surface area (Å²) in [4.78, 5) is 0. The van der Waals surface area contributed by atoms with Gasteiger partial charge in [0, 0.05) is 13.1 Å². The first kappa shape index (κ1) is 13.1. The maximum absolute atomic E-state index is 8.63. The van der Waals surface area contributed by atoms with Crippen molar-refractivity contribution in [2.75, 3.05) is 26.4 Å². The maximum atomic E-state index is 8.63. The van der Waals surface area contributed by atoms with E-state index < -0.39 is 0 Å². The molecule has 0 aliphatic carbocycles. The molecule has 0 aromatic heterocycles. The van der Waals surface area contributed by atoms with Crippen molar-refractivity contribution in [2.24, 2.45) is 0 Å². The molecule has 0 saturated heterocycles. The van der Waals surface area contributed by atoms with Crippen molar-refractivity contribution in [1.82, 2.24) is 5.32 Å². The minimum absolute atomic E-state index is 0. The Hall–Kier alpha value is -0.970. The van der Waals surface area contributed by atoms with Crippen LogP contribution in [0, 0.1) is 0 Å². The van der Waals surface area contributed by atoms with Crippen LogP contribution >= 0.6 is 12.4 Å². The molecule has 0 bridgehead atoms. The average Bonchev–Trinajstić information content (AvgIpc) is 2.29. The molecule has 0 amide bonds. The molecule has 16 heavy (non-hydrogen) atoms. The number of halogens is 1. The van der Waals surface area contributed by atoms with Crippen molar-refractivity contribution < 1.29 is 14.6 Å². The van der Waals surface area contributed by atoms with Gasteiger partial charge in [-0.2, -0.15) is 0 Å². The van der Waals surface area contributed by atoms with Crippen molar-refractivity contribution in [3.63, 3.8) is 0 Å². The molecule has 1 aromatic carbocycles. The first-order valence-corrected chi connectivity index (χ1v) is 5.10. The fourth-order valence-corrected chi connectivity index (χ4v) is 1.51. The molecule has 2 rings (SSSR count). The van der Waals surface area contributed by atoms with E-state index in [-0.39, 0.29) is 19.0 Å². The largest absolute Gasteiger partial charge is 0.486 e. The van der Waals surface area contributed by atoms with Crippen LogP contribution in [-0.2, 0) is 6.54 Å². The van der Waals surface area contributed by atoms with Crippen molar-refractivity contribution in [3.05, 3.63) is 23.8 Å². The summed E-state index contributed by atoms with van der Waals surface area (Å²) in [5.41, 5.74) is 1.13. The van der Waals surface area contributed by atoms with Crippen molar-refractivity contribution in [3.8, 4) is 11.5 Å². The van der Waals surface area contributed by atoms with Gasteiger partial charge in [-0.3, -0.25) is 0 Å². The Morgan fingerprint density at radius 2 is 1.94 bits per heavy atom. The average molecular weight is 246 g/mol. The molecule has 0 spiro atoms. The first-order chi connectivity index (χ1) is 7.40. The molecule has 90 valence electrons. The Morgan fingerprint density at radius 1 is 1.19 bits per heavy atom. The van der Waals surface area contributed by atoms with Gasteiger partial charge in [-0.05, 0) is 17.7 Å². The lowest BCUT2D eigenvalue weighted by Gasteiger charge is -2.18. The van der Waals surface area contributed by atoms with Gasteiger partial charge in [0.2, 0.25) is 0 Å². The first-order valence-electron chi connectivity index (χ1n) is 5.10. The number of aliphatic hydroxyl groups excluding tert-OH is 1. The van der Waals surface area contributed by atoms with Crippen LogP contribution in [0.3, 0.4) is 0 Å². The number of benzene rings is 1. The predicted molar refractivity (Wildman–Crippen MR) is 63.5 cm³/mol. The molecule has 0 saturated carbocycles. The van der Waals surface area contributed by atoms with Crippen LogP contribution in [0.1, 0.15) is 5.56 Å². The summed E-state index contributed by atoms with van der Waals surface area (Å²) in [5.74, 6) is 1.62. The van der Waals surface area contributed by atoms with Gasteiger partial charge in [0.15, 0.2) is 11.5 Å². The van der Waals surface area contributed by atoms with E-state index in [2.05, 4.69) is 5.32 Å². The van der Waals surface area contributed by atoms with E-state index in [1.807, 2.05) is 18.2 Å². The van der Waals surface area contributed by atoms with Crippen LogP contribution in [-0.4, -0.2) is 31.5 Å². The van der Waals surface area contributed by atoms with Gasteiger partial charge in [0.25, 0.3) is 0 Å². The lowest BCUT2D eigenvalue weighted by atomic mass is 10.2. The molecule has 4 nitrogen and oxygen atoms in total. The molecule has 0 atom stereocenters. The molecule has 5 heteroatoms. The van der Waals surface area contributed by atoms with Gasteiger partial charge >= 0.3 is 0 Å². The van der Waals surface area contributed by atoms with Gasteiger partial charge in [0.1, 0.15) is 13.2 Å². The normalized spacial score (nSPS) is 13.1. The van der Waals surface area contributed by atoms with Crippen LogP contribution < -0.4 is 14.8 Å². The highest BCUT2D eigenvalue weighted by Crippen LogP contribution is 2.30. The highest BCUT2D eigenvalue weighted by atomic mass is 35.5. The molecule has 2 N–H and O–H groups in total. The topological polar surface area (TPSA) is 50.7 Å². The summed E-state index contributed by atoms with van der Waals surface area (Å²) in [6.07, 6.45) is 0. The third-order valence-electron chi connectivity index (χ3n) is 2.22. The van der Waals surface area contributed by atoms with Crippen LogP contribution in [0.15, 0.2) is 18.2 Å². The molecule has 1 aromatic rings. The second kappa shape index (κ2) is 6.58. The van der Waals surface area contributed by atoms with Crippen LogP contribution in [0.4, 0.5) is 0 Å². The number of nitrogens with one attached hydrogen (secondary N) is 1. The number of hydrogen-bond acceptors (Lipinski definition) is 4. The van der Waals surface area contributed by atoms with E-state index in [4.69, 9.17) is 14.6 Å². The zero-order chi connectivity index (χ0) is 10.5. The van der Waals surface area contributed by atoms with E-state index >= 15 is 0 Å². The Bertz CT molecular complexity index is 333. The van der Waals surface area contributed by atoms with Crippen LogP contribution in [0.5, 0.6) is 11.5 Å². The molecule has 1 aliphatic heterocycles. The summed E-state index contributed by atoms with van der Waals surface area (Å²) in [7, 11) is 0. The fourth-order valence-electron chi connectivity index (χ4n) is 1.51. The minimum Gasteiger partial charge on any atom is -0.486 e. The van der Waals surface area contributed by atoms with E-state index in [1.165, 1.54) is 0 Å². The van der Waals surface area contributed by atoms with E-state index in [1.54, 1.807) is 0 Å². The number of hydrogen-bond donors (Lipinski definition) is 2. The number of aliphatic hydroxyl groups is 1. The number of fused-ring (bicyclic) bond motifs is 1. The smallest absolute Gasteiger partial charge is 0.161 e.